The van der Waals surface area contributed by atoms with Crippen LogP contribution in [0, 0.1) is 5.92 Å². The smallest absolute Gasteiger partial charge is 0.169 e. The number of Topliss-reactive ketones (excluding diaryl/α,β-unsaturated/α-hetero) is 1. The average molecular weight is 470 g/mol. The molecule has 5 heterocycles. The zero-order valence-corrected chi connectivity index (χ0v) is 20.6. The van der Waals surface area contributed by atoms with Crippen molar-refractivity contribution in [2.75, 3.05) is 37.6 Å². The van der Waals surface area contributed by atoms with Crippen molar-refractivity contribution in [3.05, 3.63) is 66.5 Å². The van der Waals surface area contributed by atoms with Gasteiger partial charge in [0.2, 0.25) is 0 Å². The molecule has 5 rings (SSSR count). The van der Waals surface area contributed by atoms with Gasteiger partial charge in [-0.25, -0.2) is 4.98 Å². The maximum Gasteiger partial charge on any atom is 0.169 e. The number of anilines is 1. The van der Waals surface area contributed by atoms with Gasteiger partial charge >= 0.3 is 0 Å². The number of ketones is 1. The van der Waals surface area contributed by atoms with Crippen molar-refractivity contribution in [2.45, 2.75) is 20.3 Å². The van der Waals surface area contributed by atoms with Crippen molar-refractivity contribution in [3.8, 4) is 11.1 Å². The van der Waals surface area contributed by atoms with Gasteiger partial charge in [-0.05, 0) is 30.2 Å². The van der Waals surface area contributed by atoms with Crippen LogP contribution in [0.15, 0.2) is 55.2 Å². The lowest BCUT2D eigenvalue weighted by Crippen LogP contribution is -2.47. The lowest BCUT2D eigenvalue weighted by molar-refractivity contribution is 0.0992. The fraction of sp³-hybridized carbons (Fsp3) is 0.370. The molecule has 4 aromatic heterocycles. The molecule has 1 aliphatic rings. The molecule has 0 atom stereocenters. The van der Waals surface area contributed by atoms with Crippen LogP contribution in [0.1, 0.15) is 29.9 Å². The van der Waals surface area contributed by atoms with E-state index in [0.717, 1.165) is 66.3 Å². The Morgan fingerprint density at radius 3 is 2.54 bits per heavy atom. The van der Waals surface area contributed by atoms with Gasteiger partial charge in [-0.3, -0.25) is 24.3 Å². The van der Waals surface area contributed by atoms with Crippen LogP contribution in [0.5, 0.6) is 0 Å². The van der Waals surface area contributed by atoms with E-state index in [2.05, 4.69) is 49.8 Å². The highest BCUT2D eigenvalue weighted by atomic mass is 16.1. The maximum absolute atomic E-state index is 13.1. The molecule has 0 unspecified atom stereocenters. The summed E-state index contributed by atoms with van der Waals surface area (Å²) in [5, 5.41) is 5.20. The van der Waals surface area contributed by atoms with Gasteiger partial charge < -0.3 is 4.90 Å². The second-order valence-corrected chi connectivity index (χ2v) is 9.68. The highest BCUT2D eigenvalue weighted by molar-refractivity contribution is 5.98. The third kappa shape index (κ3) is 5.38. The first-order valence-corrected chi connectivity index (χ1v) is 12.1. The molecule has 0 radical (unpaired) electrons. The van der Waals surface area contributed by atoms with Crippen LogP contribution < -0.4 is 4.90 Å². The summed E-state index contributed by atoms with van der Waals surface area (Å²) in [6, 6.07) is 7.74. The summed E-state index contributed by atoms with van der Waals surface area (Å²) in [6.07, 6.45) is 9.31. The van der Waals surface area contributed by atoms with E-state index in [1.807, 2.05) is 37.8 Å². The van der Waals surface area contributed by atoms with E-state index in [9.17, 15) is 4.79 Å². The quantitative estimate of drug-likeness (QED) is 0.382. The molecule has 180 valence electrons. The third-order valence-corrected chi connectivity index (χ3v) is 6.39. The van der Waals surface area contributed by atoms with Crippen LogP contribution in [-0.2, 0) is 13.5 Å². The standard InChI is InChI=1S/C27H31N7O/c1-19(2)17-33-6-8-34(9-7-33)27-12-20(4-5-28-27)26(35)13-24-11-21-10-22(14-30-25(21)16-29-24)23-15-31-32(3)18-23/h4-5,10-12,14-16,18-19H,6-9,13,17H2,1-3H3. The zero-order chi connectivity index (χ0) is 24.4. The highest BCUT2D eigenvalue weighted by Gasteiger charge is 2.19. The zero-order valence-electron chi connectivity index (χ0n) is 20.6. The molecule has 4 aromatic rings. The number of rotatable bonds is 7. The SMILES string of the molecule is CC(C)CN1CCN(c2cc(C(=O)Cc3cc4cc(-c5cnn(C)c5)cnc4cn3)ccn2)CC1. The van der Waals surface area contributed by atoms with E-state index >= 15 is 0 Å². The second-order valence-electron chi connectivity index (χ2n) is 9.68. The van der Waals surface area contributed by atoms with E-state index < -0.39 is 0 Å². The minimum Gasteiger partial charge on any atom is -0.354 e. The Labute approximate surface area is 205 Å². The van der Waals surface area contributed by atoms with Crippen molar-refractivity contribution < 1.29 is 4.79 Å². The van der Waals surface area contributed by atoms with Crippen LogP contribution in [0.25, 0.3) is 22.0 Å². The Morgan fingerprint density at radius 1 is 0.971 bits per heavy atom. The molecule has 35 heavy (non-hydrogen) atoms. The number of piperazine rings is 1. The molecule has 0 N–H and O–H groups in total. The minimum absolute atomic E-state index is 0.0373. The summed E-state index contributed by atoms with van der Waals surface area (Å²) in [5.74, 6) is 1.58. The Balaban J connectivity index is 1.29. The van der Waals surface area contributed by atoms with Gasteiger partial charge in [0.15, 0.2) is 5.78 Å². The normalized spacial score (nSPS) is 14.7. The van der Waals surface area contributed by atoms with Gasteiger partial charge in [-0.15, -0.1) is 0 Å². The van der Waals surface area contributed by atoms with E-state index in [-0.39, 0.29) is 12.2 Å². The Morgan fingerprint density at radius 2 is 1.80 bits per heavy atom. The molecular weight excluding hydrogens is 438 g/mol. The molecule has 8 nitrogen and oxygen atoms in total. The summed E-state index contributed by atoms with van der Waals surface area (Å²) in [6.45, 7) is 9.53. The summed E-state index contributed by atoms with van der Waals surface area (Å²) in [5.41, 5.74) is 4.20. The van der Waals surface area contributed by atoms with Gasteiger partial charge in [0.05, 0.1) is 24.3 Å². The molecule has 1 aliphatic heterocycles. The number of hydrogen-bond acceptors (Lipinski definition) is 7. The molecule has 1 saturated heterocycles. The van der Waals surface area contributed by atoms with Gasteiger partial charge in [-0.1, -0.05) is 13.8 Å². The first kappa shape index (κ1) is 23.1. The van der Waals surface area contributed by atoms with E-state index in [1.165, 1.54) is 0 Å². The topological polar surface area (TPSA) is 80.0 Å². The molecule has 0 aliphatic carbocycles. The van der Waals surface area contributed by atoms with Crippen molar-refractivity contribution in [3.63, 3.8) is 0 Å². The molecule has 8 heteroatoms. The van der Waals surface area contributed by atoms with E-state index in [1.54, 1.807) is 23.1 Å². The molecular formula is C27H31N7O. The number of carbonyl (C=O) groups excluding carboxylic acids is 1. The van der Waals surface area contributed by atoms with Crippen LogP contribution in [0.2, 0.25) is 0 Å². The minimum atomic E-state index is 0.0373. The number of carbonyl (C=O) groups is 1. The molecule has 0 spiro atoms. The monoisotopic (exact) mass is 469 g/mol. The van der Waals surface area contributed by atoms with Crippen molar-refractivity contribution >= 4 is 22.5 Å². The first-order chi connectivity index (χ1) is 16.9. The molecule has 0 bridgehead atoms. The fourth-order valence-electron chi connectivity index (χ4n) is 4.61. The molecule has 1 fully saturated rings. The number of fused-ring (bicyclic) bond motifs is 1. The second kappa shape index (κ2) is 9.92. The van der Waals surface area contributed by atoms with Gasteiger partial charge in [0.1, 0.15) is 5.82 Å². The first-order valence-electron chi connectivity index (χ1n) is 12.1. The van der Waals surface area contributed by atoms with Crippen molar-refractivity contribution in [1.29, 1.82) is 0 Å². The molecule has 0 aromatic carbocycles. The Hall–Kier alpha value is -3.65. The summed E-state index contributed by atoms with van der Waals surface area (Å²) >= 11 is 0. The highest BCUT2D eigenvalue weighted by Crippen LogP contribution is 2.23. The van der Waals surface area contributed by atoms with Crippen LogP contribution in [0.4, 0.5) is 5.82 Å². The summed E-state index contributed by atoms with van der Waals surface area (Å²) in [7, 11) is 1.89. The number of pyridine rings is 3. The maximum atomic E-state index is 13.1. The fourth-order valence-corrected chi connectivity index (χ4v) is 4.61. The number of nitrogens with zero attached hydrogens (tertiary/aromatic N) is 7. The van der Waals surface area contributed by atoms with Crippen LogP contribution in [0.3, 0.4) is 0 Å². The molecule has 0 saturated carbocycles. The largest absolute Gasteiger partial charge is 0.354 e. The number of aryl methyl sites for hydroxylation is 1. The van der Waals surface area contributed by atoms with Gasteiger partial charge in [-0.2, -0.15) is 5.10 Å². The summed E-state index contributed by atoms with van der Waals surface area (Å²) in [4.78, 5) is 31.5. The van der Waals surface area contributed by atoms with E-state index in [0.29, 0.717) is 11.5 Å². The molecule has 0 amide bonds. The van der Waals surface area contributed by atoms with Gasteiger partial charge in [0, 0.05) is 86.1 Å². The third-order valence-electron chi connectivity index (χ3n) is 6.39. The number of aromatic nitrogens is 5. The summed E-state index contributed by atoms with van der Waals surface area (Å²) < 4.78 is 1.77. The van der Waals surface area contributed by atoms with Crippen LogP contribution >= 0.6 is 0 Å². The van der Waals surface area contributed by atoms with Gasteiger partial charge in [0.25, 0.3) is 0 Å². The Bertz CT molecular complexity index is 1340. The predicted octanol–water partition coefficient (Wildman–Crippen LogP) is 3.63. The average Bonchev–Trinajstić information content (AvgIpc) is 3.30. The lowest BCUT2D eigenvalue weighted by Gasteiger charge is -2.36. The number of hydrogen-bond donors (Lipinski definition) is 0. The Kier molecular flexibility index (Phi) is 6.55. The van der Waals surface area contributed by atoms with Crippen molar-refractivity contribution in [2.24, 2.45) is 13.0 Å². The van der Waals surface area contributed by atoms with E-state index in [4.69, 9.17) is 0 Å². The van der Waals surface area contributed by atoms with Crippen molar-refractivity contribution in [1.82, 2.24) is 29.6 Å². The van der Waals surface area contributed by atoms with Crippen LogP contribution in [-0.4, -0.2) is 68.1 Å². The predicted molar refractivity (Wildman–Crippen MR) is 138 cm³/mol. The lowest BCUT2D eigenvalue weighted by atomic mass is 10.0.